The molecule has 0 unspecified atom stereocenters. The van der Waals surface area contributed by atoms with Gasteiger partial charge in [-0.1, -0.05) is 0 Å². The van der Waals surface area contributed by atoms with Crippen LogP contribution >= 0.6 is 0 Å². The standard InChI is InChI=1S/C13H16N4O2/c1-8-3-4-9(19-8)7-17(2)12-5-10(13(15)18)11(14)6-16-12/h3-6H,7,14H2,1-2H3,(H2,15,18). The predicted octanol–water partition coefficient (Wildman–Crippen LogP) is 1.30. The van der Waals surface area contributed by atoms with Crippen molar-refractivity contribution in [1.82, 2.24) is 4.98 Å². The number of anilines is 2. The van der Waals surface area contributed by atoms with E-state index in [1.807, 2.05) is 31.0 Å². The van der Waals surface area contributed by atoms with Crippen LogP contribution in [0, 0.1) is 6.92 Å². The smallest absolute Gasteiger partial charge is 0.250 e. The number of rotatable bonds is 4. The van der Waals surface area contributed by atoms with E-state index in [0.717, 1.165) is 11.5 Å². The monoisotopic (exact) mass is 260 g/mol. The number of nitrogens with zero attached hydrogens (tertiary/aromatic N) is 2. The Labute approximate surface area is 111 Å². The minimum absolute atomic E-state index is 0.271. The molecule has 0 saturated carbocycles. The number of carbonyl (C=O) groups excluding carboxylic acids is 1. The highest BCUT2D eigenvalue weighted by atomic mass is 16.3. The maximum Gasteiger partial charge on any atom is 0.250 e. The van der Waals surface area contributed by atoms with Crippen LogP contribution in [0.15, 0.2) is 28.8 Å². The molecular weight excluding hydrogens is 244 g/mol. The van der Waals surface area contributed by atoms with Crippen molar-refractivity contribution in [1.29, 1.82) is 0 Å². The lowest BCUT2D eigenvalue weighted by Crippen LogP contribution is -2.20. The number of hydrogen-bond acceptors (Lipinski definition) is 5. The molecule has 2 heterocycles. The minimum atomic E-state index is -0.566. The second kappa shape index (κ2) is 5.01. The summed E-state index contributed by atoms with van der Waals surface area (Å²) in [5, 5.41) is 0. The van der Waals surface area contributed by atoms with Gasteiger partial charge in [-0.25, -0.2) is 4.98 Å². The molecule has 2 aromatic rings. The lowest BCUT2D eigenvalue weighted by molar-refractivity contribution is 0.100. The fourth-order valence-corrected chi connectivity index (χ4v) is 1.76. The Morgan fingerprint density at radius 1 is 1.47 bits per heavy atom. The van der Waals surface area contributed by atoms with Gasteiger partial charge in [0.15, 0.2) is 0 Å². The van der Waals surface area contributed by atoms with Gasteiger partial charge in [0.05, 0.1) is 24.0 Å². The molecule has 0 spiro atoms. The molecule has 0 aromatic carbocycles. The van der Waals surface area contributed by atoms with Gasteiger partial charge < -0.3 is 20.8 Å². The molecule has 0 bridgehead atoms. The predicted molar refractivity (Wildman–Crippen MR) is 72.7 cm³/mol. The van der Waals surface area contributed by atoms with Crippen LogP contribution in [0.25, 0.3) is 0 Å². The van der Waals surface area contributed by atoms with Gasteiger partial charge in [-0.05, 0) is 25.1 Å². The summed E-state index contributed by atoms with van der Waals surface area (Å²) in [6.07, 6.45) is 1.43. The lowest BCUT2D eigenvalue weighted by atomic mass is 10.2. The Hall–Kier alpha value is -2.50. The van der Waals surface area contributed by atoms with Gasteiger partial charge in [-0.2, -0.15) is 0 Å². The fraction of sp³-hybridized carbons (Fsp3) is 0.231. The average molecular weight is 260 g/mol. The van der Waals surface area contributed by atoms with Gasteiger partial charge in [-0.15, -0.1) is 0 Å². The molecule has 0 radical (unpaired) electrons. The number of amides is 1. The zero-order chi connectivity index (χ0) is 14.0. The molecule has 2 aromatic heterocycles. The number of primary amides is 1. The van der Waals surface area contributed by atoms with E-state index in [1.165, 1.54) is 6.20 Å². The summed E-state index contributed by atoms with van der Waals surface area (Å²) in [6.45, 7) is 2.43. The first-order valence-corrected chi connectivity index (χ1v) is 5.79. The van der Waals surface area contributed by atoms with E-state index in [2.05, 4.69) is 4.98 Å². The van der Waals surface area contributed by atoms with Crippen LogP contribution < -0.4 is 16.4 Å². The van der Waals surface area contributed by atoms with Gasteiger partial charge in [0, 0.05) is 7.05 Å². The molecule has 1 amide bonds. The number of nitrogens with two attached hydrogens (primary N) is 2. The highest BCUT2D eigenvalue weighted by molar-refractivity contribution is 5.98. The maximum atomic E-state index is 11.2. The maximum absolute atomic E-state index is 11.2. The number of hydrogen-bond donors (Lipinski definition) is 2. The van der Waals surface area contributed by atoms with Gasteiger partial charge in [-0.3, -0.25) is 4.79 Å². The van der Waals surface area contributed by atoms with Crippen LogP contribution in [0.5, 0.6) is 0 Å². The normalized spacial score (nSPS) is 10.4. The summed E-state index contributed by atoms with van der Waals surface area (Å²) in [5.74, 6) is 1.71. The third-order valence-electron chi connectivity index (χ3n) is 2.77. The van der Waals surface area contributed by atoms with Crippen molar-refractivity contribution in [2.75, 3.05) is 17.7 Å². The molecule has 0 aliphatic heterocycles. The van der Waals surface area contributed by atoms with E-state index in [1.54, 1.807) is 6.07 Å². The third kappa shape index (κ3) is 2.85. The van der Waals surface area contributed by atoms with Crippen molar-refractivity contribution in [2.45, 2.75) is 13.5 Å². The summed E-state index contributed by atoms with van der Waals surface area (Å²) >= 11 is 0. The molecule has 6 heteroatoms. The Balaban J connectivity index is 2.21. The molecule has 6 nitrogen and oxygen atoms in total. The summed E-state index contributed by atoms with van der Waals surface area (Å²) in [6, 6.07) is 5.38. The highest BCUT2D eigenvalue weighted by Gasteiger charge is 2.11. The van der Waals surface area contributed by atoms with Crippen molar-refractivity contribution >= 4 is 17.4 Å². The van der Waals surface area contributed by atoms with E-state index in [4.69, 9.17) is 15.9 Å². The van der Waals surface area contributed by atoms with E-state index in [9.17, 15) is 4.79 Å². The molecule has 19 heavy (non-hydrogen) atoms. The van der Waals surface area contributed by atoms with Crippen LogP contribution in [0.3, 0.4) is 0 Å². The van der Waals surface area contributed by atoms with Crippen molar-refractivity contribution in [2.24, 2.45) is 5.73 Å². The molecular formula is C13H16N4O2. The first-order chi connectivity index (χ1) is 8.97. The van der Waals surface area contributed by atoms with Gasteiger partial charge in [0.1, 0.15) is 17.3 Å². The van der Waals surface area contributed by atoms with Crippen LogP contribution in [0.2, 0.25) is 0 Å². The summed E-state index contributed by atoms with van der Waals surface area (Å²) in [4.78, 5) is 17.3. The molecule has 100 valence electrons. The first kappa shape index (κ1) is 12.9. The first-order valence-electron chi connectivity index (χ1n) is 5.79. The molecule has 4 N–H and O–H groups in total. The highest BCUT2D eigenvalue weighted by Crippen LogP contribution is 2.19. The topological polar surface area (TPSA) is 98.4 Å². The quantitative estimate of drug-likeness (QED) is 0.863. The van der Waals surface area contributed by atoms with Crippen LogP contribution in [-0.4, -0.2) is 17.9 Å². The second-order valence-corrected chi connectivity index (χ2v) is 4.36. The molecule has 0 aliphatic rings. The summed E-state index contributed by atoms with van der Waals surface area (Å²) in [5.41, 5.74) is 11.4. The van der Waals surface area contributed by atoms with E-state index in [-0.39, 0.29) is 11.3 Å². The molecule has 0 saturated heterocycles. The van der Waals surface area contributed by atoms with Crippen LogP contribution in [0.1, 0.15) is 21.9 Å². The SMILES string of the molecule is Cc1ccc(CN(C)c2cc(C(N)=O)c(N)cn2)o1. The van der Waals surface area contributed by atoms with E-state index >= 15 is 0 Å². The minimum Gasteiger partial charge on any atom is -0.464 e. The number of aromatic nitrogens is 1. The Kier molecular flexibility index (Phi) is 3.41. The molecule has 0 fully saturated rings. The molecule has 0 aliphatic carbocycles. The number of carbonyl (C=O) groups is 1. The average Bonchev–Trinajstić information content (AvgIpc) is 2.74. The van der Waals surface area contributed by atoms with E-state index in [0.29, 0.717) is 12.4 Å². The second-order valence-electron chi connectivity index (χ2n) is 4.36. The van der Waals surface area contributed by atoms with Crippen LogP contribution in [-0.2, 0) is 6.54 Å². The van der Waals surface area contributed by atoms with E-state index < -0.39 is 5.91 Å². The summed E-state index contributed by atoms with van der Waals surface area (Å²) < 4.78 is 5.49. The number of pyridine rings is 1. The van der Waals surface area contributed by atoms with Crippen molar-refractivity contribution in [3.05, 3.63) is 41.5 Å². The number of nitrogen functional groups attached to an aromatic ring is 1. The summed E-state index contributed by atoms with van der Waals surface area (Å²) in [7, 11) is 1.85. The molecule has 2 rings (SSSR count). The van der Waals surface area contributed by atoms with Crippen molar-refractivity contribution < 1.29 is 9.21 Å². The van der Waals surface area contributed by atoms with Crippen molar-refractivity contribution in [3.63, 3.8) is 0 Å². The zero-order valence-corrected chi connectivity index (χ0v) is 10.9. The van der Waals surface area contributed by atoms with Gasteiger partial charge >= 0.3 is 0 Å². The van der Waals surface area contributed by atoms with Crippen molar-refractivity contribution in [3.8, 4) is 0 Å². The van der Waals surface area contributed by atoms with Gasteiger partial charge in [0.2, 0.25) is 0 Å². The number of aryl methyl sites for hydroxylation is 1. The number of furan rings is 1. The Morgan fingerprint density at radius 2 is 2.21 bits per heavy atom. The largest absolute Gasteiger partial charge is 0.464 e. The van der Waals surface area contributed by atoms with Crippen LogP contribution in [0.4, 0.5) is 11.5 Å². The zero-order valence-electron chi connectivity index (χ0n) is 10.9. The fourth-order valence-electron chi connectivity index (χ4n) is 1.76. The third-order valence-corrected chi connectivity index (χ3v) is 2.77. The lowest BCUT2D eigenvalue weighted by Gasteiger charge is -2.17. The Bertz CT molecular complexity index is 606. The van der Waals surface area contributed by atoms with Gasteiger partial charge in [0.25, 0.3) is 5.91 Å². The Morgan fingerprint density at radius 3 is 2.79 bits per heavy atom. The molecule has 0 atom stereocenters.